The van der Waals surface area contributed by atoms with E-state index in [1.807, 2.05) is 30.3 Å². The first-order valence-corrected chi connectivity index (χ1v) is 10.5. The molecule has 0 radical (unpaired) electrons. The quantitative estimate of drug-likeness (QED) is 0.538. The molecule has 0 saturated carbocycles. The summed E-state index contributed by atoms with van der Waals surface area (Å²) in [7, 11) is -3.70. The lowest BCUT2D eigenvalue weighted by molar-refractivity contribution is -0.115. The molecule has 3 rings (SSSR count). The van der Waals surface area contributed by atoms with Gasteiger partial charge in [-0.2, -0.15) is 0 Å². The lowest BCUT2D eigenvalue weighted by Crippen LogP contribution is -2.27. The van der Waals surface area contributed by atoms with Gasteiger partial charge in [-0.05, 0) is 29.8 Å². The van der Waals surface area contributed by atoms with Crippen molar-refractivity contribution in [3.63, 3.8) is 0 Å². The van der Waals surface area contributed by atoms with Crippen molar-refractivity contribution in [3.05, 3.63) is 71.7 Å². The van der Waals surface area contributed by atoms with Crippen LogP contribution in [0, 0.1) is 0 Å². The lowest BCUT2D eigenvalue weighted by atomic mass is 10.2. The number of amides is 1. The fourth-order valence-corrected chi connectivity index (χ4v) is 4.08. The Kier molecular flexibility index (Phi) is 6.17. The molecular formula is C18H18N4O3S2. The summed E-state index contributed by atoms with van der Waals surface area (Å²) in [5.74, 6) is -0.206. The van der Waals surface area contributed by atoms with Gasteiger partial charge in [-0.25, -0.2) is 13.4 Å². The summed E-state index contributed by atoms with van der Waals surface area (Å²) in [4.78, 5) is 16.0. The molecule has 140 valence electrons. The standard InChI is InChI=1S/C18H18N4O3S2/c23-17(13-19-12-14-4-2-1-3-5-14)21-15-6-8-16(9-7-15)27(24,25)22-18-20-10-11-26-18/h1-11,19H,12-13H2,(H,20,22)(H,21,23). The van der Waals surface area contributed by atoms with Gasteiger partial charge in [0.05, 0.1) is 11.4 Å². The van der Waals surface area contributed by atoms with Gasteiger partial charge < -0.3 is 10.6 Å². The highest BCUT2D eigenvalue weighted by molar-refractivity contribution is 7.93. The minimum atomic E-state index is -3.70. The smallest absolute Gasteiger partial charge is 0.263 e. The normalized spacial score (nSPS) is 11.1. The van der Waals surface area contributed by atoms with Gasteiger partial charge in [-0.3, -0.25) is 9.52 Å². The van der Waals surface area contributed by atoms with Gasteiger partial charge in [0.15, 0.2) is 5.13 Å². The number of thiazole rings is 1. The zero-order valence-electron chi connectivity index (χ0n) is 14.3. The maximum Gasteiger partial charge on any atom is 0.263 e. The minimum absolute atomic E-state index is 0.0953. The highest BCUT2D eigenvalue weighted by Crippen LogP contribution is 2.19. The van der Waals surface area contributed by atoms with Gasteiger partial charge in [-0.15, -0.1) is 11.3 Å². The van der Waals surface area contributed by atoms with E-state index in [4.69, 9.17) is 0 Å². The summed E-state index contributed by atoms with van der Waals surface area (Å²) in [6, 6.07) is 15.7. The van der Waals surface area contributed by atoms with Crippen molar-refractivity contribution >= 4 is 38.1 Å². The topological polar surface area (TPSA) is 100 Å². The molecule has 7 nitrogen and oxygen atoms in total. The SMILES string of the molecule is O=C(CNCc1ccccc1)Nc1ccc(S(=O)(=O)Nc2nccs2)cc1. The summed E-state index contributed by atoms with van der Waals surface area (Å²) in [5, 5.41) is 7.77. The van der Waals surface area contributed by atoms with Crippen LogP contribution in [-0.4, -0.2) is 25.9 Å². The maximum atomic E-state index is 12.3. The van der Waals surface area contributed by atoms with Crippen LogP contribution in [0.1, 0.15) is 5.56 Å². The van der Waals surface area contributed by atoms with Crippen LogP contribution in [0.3, 0.4) is 0 Å². The predicted octanol–water partition coefficient (Wildman–Crippen LogP) is 2.67. The predicted molar refractivity (Wildman–Crippen MR) is 106 cm³/mol. The van der Waals surface area contributed by atoms with Crippen LogP contribution in [0.4, 0.5) is 10.8 Å². The number of anilines is 2. The van der Waals surface area contributed by atoms with Crippen molar-refractivity contribution in [2.75, 3.05) is 16.6 Å². The Balaban J connectivity index is 1.51. The largest absolute Gasteiger partial charge is 0.325 e. The number of sulfonamides is 1. The van der Waals surface area contributed by atoms with Crippen LogP contribution < -0.4 is 15.4 Å². The number of nitrogens with zero attached hydrogens (tertiary/aromatic N) is 1. The fourth-order valence-electron chi connectivity index (χ4n) is 2.29. The maximum absolute atomic E-state index is 12.3. The Hall–Kier alpha value is -2.75. The van der Waals surface area contributed by atoms with Crippen molar-refractivity contribution in [2.45, 2.75) is 11.4 Å². The molecule has 1 heterocycles. The molecule has 0 atom stereocenters. The van der Waals surface area contributed by atoms with Crippen molar-refractivity contribution in [1.82, 2.24) is 10.3 Å². The van der Waals surface area contributed by atoms with Crippen LogP contribution in [0.15, 0.2) is 71.1 Å². The highest BCUT2D eigenvalue weighted by Gasteiger charge is 2.15. The third-order valence-corrected chi connectivity index (χ3v) is 5.73. The van der Waals surface area contributed by atoms with E-state index in [9.17, 15) is 13.2 Å². The third kappa shape index (κ3) is 5.61. The summed E-state index contributed by atoms with van der Waals surface area (Å²) in [6.07, 6.45) is 1.52. The third-order valence-electron chi connectivity index (χ3n) is 3.56. The van der Waals surface area contributed by atoms with Crippen molar-refractivity contribution in [2.24, 2.45) is 0 Å². The molecule has 0 aliphatic carbocycles. The fraction of sp³-hybridized carbons (Fsp3) is 0.111. The van der Waals surface area contributed by atoms with E-state index in [-0.39, 0.29) is 17.3 Å². The second-order valence-corrected chi connectivity index (χ2v) is 8.18. The molecule has 9 heteroatoms. The summed E-state index contributed by atoms with van der Waals surface area (Å²) in [6.45, 7) is 0.744. The Morgan fingerprint density at radius 1 is 1.04 bits per heavy atom. The van der Waals surface area contributed by atoms with Gasteiger partial charge in [-0.1, -0.05) is 30.3 Å². The molecule has 27 heavy (non-hydrogen) atoms. The zero-order chi connectivity index (χ0) is 19.1. The van der Waals surface area contributed by atoms with Gasteiger partial charge in [0.2, 0.25) is 5.91 Å². The molecule has 0 fully saturated rings. The first kappa shape index (κ1) is 19.0. The van der Waals surface area contributed by atoms with Crippen LogP contribution in [-0.2, 0) is 21.4 Å². The number of benzene rings is 2. The molecule has 1 aromatic heterocycles. The van der Waals surface area contributed by atoms with Crippen molar-refractivity contribution < 1.29 is 13.2 Å². The lowest BCUT2D eigenvalue weighted by Gasteiger charge is -2.09. The molecule has 0 saturated heterocycles. The number of aromatic nitrogens is 1. The summed E-state index contributed by atoms with van der Waals surface area (Å²) >= 11 is 1.20. The molecule has 1 amide bonds. The first-order chi connectivity index (χ1) is 13.0. The van der Waals surface area contributed by atoms with E-state index in [1.54, 1.807) is 17.5 Å². The summed E-state index contributed by atoms with van der Waals surface area (Å²) < 4.78 is 26.9. The number of rotatable bonds is 8. The Morgan fingerprint density at radius 2 is 1.78 bits per heavy atom. The molecule has 0 aliphatic heterocycles. The Bertz CT molecular complexity index is 973. The number of carbonyl (C=O) groups is 1. The van der Waals surface area contributed by atoms with Gasteiger partial charge in [0.1, 0.15) is 0 Å². The number of hydrogen-bond donors (Lipinski definition) is 3. The van der Waals surface area contributed by atoms with E-state index < -0.39 is 10.0 Å². The van der Waals surface area contributed by atoms with Crippen LogP contribution >= 0.6 is 11.3 Å². The average molecular weight is 403 g/mol. The molecule has 2 aromatic carbocycles. The first-order valence-electron chi connectivity index (χ1n) is 8.10. The van der Waals surface area contributed by atoms with Crippen LogP contribution in [0.5, 0.6) is 0 Å². The van der Waals surface area contributed by atoms with E-state index in [2.05, 4.69) is 20.3 Å². The van der Waals surface area contributed by atoms with Crippen LogP contribution in [0.25, 0.3) is 0 Å². The molecule has 3 aromatic rings. The summed E-state index contributed by atoms with van der Waals surface area (Å²) in [5.41, 5.74) is 1.61. The monoisotopic (exact) mass is 402 g/mol. The number of carbonyl (C=O) groups excluding carboxylic acids is 1. The Morgan fingerprint density at radius 3 is 2.44 bits per heavy atom. The van der Waals surface area contributed by atoms with Gasteiger partial charge in [0.25, 0.3) is 10.0 Å². The average Bonchev–Trinajstić information content (AvgIpc) is 3.15. The van der Waals surface area contributed by atoms with Crippen molar-refractivity contribution in [1.29, 1.82) is 0 Å². The van der Waals surface area contributed by atoms with Crippen molar-refractivity contribution in [3.8, 4) is 0 Å². The van der Waals surface area contributed by atoms with E-state index >= 15 is 0 Å². The van der Waals surface area contributed by atoms with Gasteiger partial charge >= 0.3 is 0 Å². The van der Waals surface area contributed by atoms with E-state index in [0.717, 1.165) is 5.56 Å². The molecule has 0 unspecified atom stereocenters. The van der Waals surface area contributed by atoms with E-state index in [1.165, 1.54) is 29.7 Å². The Labute approximate surface area is 161 Å². The second kappa shape index (κ2) is 8.76. The second-order valence-electron chi connectivity index (χ2n) is 5.60. The molecule has 0 spiro atoms. The molecular weight excluding hydrogens is 384 g/mol. The van der Waals surface area contributed by atoms with Crippen LogP contribution in [0.2, 0.25) is 0 Å². The molecule has 0 aliphatic rings. The molecule has 3 N–H and O–H groups in total. The highest BCUT2D eigenvalue weighted by atomic mass is 32.2. The number of hydrogen-bond acceptors (Lipinski definition) is 6. The number of nitrogens with one attached hydrogen (secondary N) is 3. The van der Waals surface area contributed by atoms with Gasteiger partial charge in [0, 0.05) is 23.8 Å². The zero-order valence-corrected chi connectivity index (χ0v) is 15.9. The molecule has 0 bridgehead atoms. The minimum Gasteiger partial charge on any atom is -0.325 e. The van der Waals surface area contributed by atoms with E-state index in [0.29, 0.717) is 17.4 Å².